The zero-order chi connectivity index (χ0) is 15.4. The van der Waals surface area contributed by atoms with Crippen molar-refractivity contribution in [2.75, 3.05) is 51.5 Å². The molecule has 2 rings (SSSR count). The highest BCUT2D eigenvalue weighted by Gasteiger charge is 2.27. The van der Waals surface area contributed by atoms with Crippen molar-refractivity contribution in [3.8, 4) is 0 Å². The largest absolute Gasteiger partial charge is 0.467 e. The lowest BCUT2D eigenvalue weighted by Gasteiger charge is -2.30. The van der Waals surface area contributed by atoms with Crippen molar-refractivity contribution in [3.05, 3.63) is 5.82 Å². The summed E-state index contributed by atoms with van der Waals surface area (Å²) in [6.07, 6.45) is -0.573. The standard InChI is InChI=1S/C12H20N6O3/c1-17(2)12-15-9(14-11(13)16-12)7-18-4-5-21-8(6-18)10(19)20-3/h8H,4-7H2,1-3H3,(H2,13,14,15,16). The molecule has 9 nitrogen and oxygen atoms in total. The van der Waals surface area contributed by atoms with Crippen LogP contribution in [-0.2, 0) is 20.8 Å². The summed E-state index contributed by atoms with van der Waals surface area (Å²) in [5.74, 6) is 0.886. The number of rotatable bonds is 4. The predicted octanol–water partition coefficient (Wildman–Crippen LogP) is -1.11. The zero-order valence-corrected chi connectivity index (χ0v) is 12.4. The van der Waals surface area contributed by atoms with E-state index in [1.54, 1.807) is 4.90 Å². The summed E-state index contributed by atoms with van der Waals surface area (Å²) in [6.45, 7) is 2.07. The molecule has 0 bridgehead atoms. The molecule has 0 aromatic carbocycles. The van der Waals surface area contributed by atoms with Crippen LogP contribution < -0.4 is 10.6 Å². The van der Waals surface area contributed by atoms with E-state index >= 15 is 0 Å². The molecule has 1 aromatic heterocycles. The fourth-order valence-electron chi connectivity index (χ4n) is 2.02. The number of hydrogen-bond acceptors (Lipinski definition) is 9. The van der Waals surface area contributed by atoms with Crippen molar-refractivity contribution in [2.45, 2.75) is 12.6 Å². The first-order chi connectivity index (χ1) is 9.99. The number of carbonyl (C=O) groups is 1. The minimum absolute atomic E-state index is 0.182. The number of esters is 1. The molecule has 1 saturated heterocycles. The first-order valence-corrected chi connectivity index (χ1v) is 6.59. The zero-order valence-electron chi connectivity index (χ0n) is 12.4. The highest BCUT2D eigenvalue weighted by Crippen LogP contribution is 2.12. The minimum atomic E-state index is -0.573. The molecular formula is C12H20N6O3. The molecule has 116 valence electrons. The van der Waals surface area contributed by atoms with Crippen molar-refractivity contribution < 1.29 is 14.3 Å². The van der Waals surface area contributed by atoms with Gasteiger partial charge in [0, 0.05) is 27.2 Å². The molecule has 1 unspecified atom stereocenters. The van der Waals surface area contributed by atoms with Crippen LogP contribution in [0.2, 0.25) is 0 Å². The molecule has 1 fully saturated rings. The summed E-state index contributed by atoms with van der Waals surface area (Å²) in [7, 11) is 5.02. The SMILES string of the molecule is COC(=O)C1CN(Cc2nc(N)nc(N(C)C)n2)CCO1. The smallest absolute Gasteiger partial charge is 0.336 e. The molecule has 0 saturated carbocycles. The van der Waals surface area contributed by atoms with Crippen LogP contribution in [0.25, 0.3) is 0 Å². The lowest BCUT2D eigenvalue weighted by atomic mass is 10.2. The van der Waals surface area contributed by atoms with Crippen LogP contribution in [0.15, 0.2) is 0 Å². The lowest BCUT2D eigenvalue weighted by Crippen LogP contribution is -2.46. The summed E-state index contributed by atoms with van der Waals surface area (Å²) in [5, 5.41) is 0. The Kier molecular flexibility index (Phi) is 4.86. The molecule has 9 heteroatoms. The maximum Gasteiger partial charge on any atom is 0.336 e. The van der Waals surface area contributed by atoms with Crippen LogP contribution >= 0.6 is 0 Å². The second-order valence-corrected chi connectivity index (χ2v) is 4.92. The van der Waals surface area contributed by atoms with Gasteiger partial charge in [-0.3, -0.25) is 4.90 Å². The maximum atomic E-state index is 11.5. The van der Waals surface area contributed by atoms with E-state index in [0.717, 1.165) is 0 Å². The normalized spacial score (nSPS) is 19.3. The first kappa shape index (κ1) is 15.4. The summed E-state index contributed by atoms with van der Waals surface area (Å²) in [6, 6.07) is 0. The fourth-order valence-corrected chi connectivity index (χ4v) is 2.02. The van der Waals surface area contributed by atoms with Gasteiger partial charge in [0.1, 0.15) is 5.82 Å². The third-order valence-electron chi connectivity index (χ3n) is 3.07. The molecule has 1 aliphatic heterocycles. The van der Waals surface area contributed by atoms with Gasteiger partial charge >= 0.3 is 5.97 Å². The number of carbonyl (C=O) groups excluding carboxylic acids is 1. The van der Waals surface area contributed by atoms with Crippen LogP contribution in [0, 0.1) is 0 Å². The molecule has 1 aliphatic rings. The van der Waals surface area contributed by atoms with Gasteiger partial charge in [0.05, 0.1) is 20.3 Å². The molecule has 2 heterocycles. The van der Waals surface area contributed by atoms with Gasteiger partial charge in [0.15, 0.2) is 6.10 Å². The van der Waals surface area contributed by atoms with Crippen molar-refractivity contribution >= 4 is 17.9 Å². The predicted molar refractivity (Wildman–Crippen MR) is 75.6 cm³/mol. The topological polar surface area (TPSA) is 107 Å². The molecule has 21 heavy (non-hydrogen) atoms. The Balaban J connectivity index is 2.05. The van der Waals surface area contributed by atoms with Crippen LogP contribution in [0.5, 0.6) is 0 Å². The highest BCUT2D eigenvalue weighted by molar-refractivity contribution is 5.74. The van der Waals surface area contributed by atoms with E-state index in [1.165, 1.54) is 7.11 Å². The summed E-state index contributed by atoms with van der Waals surface area (Å²) < 4.78 is 10.1. The van der Waals surface area contributed by atoms with Crippen LogP contribution in [0.4, 0.5) is 11.9 Å². The van der Waals surface area contributed by atoms with Crippen molar-refractivity contribution in [1.82, 2.24) is 19.9 Å². The average molecular weight is 296 g/mol. The minimum Gasteiger partial charge on any atom is -0.467 e. The van der Waals surface area contributed by atoms with Gasteiger partial charge in [-0.15, -0.1) is 0 Å². The first-order valence-electron chi connectivity index (χ1n) is 6.59. The number of morpholine rings is 1. The van der Waals surface area contributed by atoms with Crippen LogP contribution in [0.3, 0.4) is 0 Å². The third kappa shape index (κ3) is 3.99. The van der Waals surface area contributed by atoms with E-state index in [2.05, 4.69) is 15.0 Å². The monoisotopic (exact) mass is 296 g/mol. The number of hydrogen-bond donors (Lipinski definition) is 1. The van der Waals surface area contributed by atoms with E-state index in [0.29, 0.717) is 38.0 Å². The van der Waals surface area contributed by atoms with Crippen LogP contribution in [0.1, 0.15) is 5.82 Å². The molecule has 0 radical (unpaired) electrons. The van der Waals surface area contributed by atoms with Gasteiger partial charge in [-0.2, -0.15) is 15.0 Å². The Morgan fingerprint density at radius 1 is 1.48 bits per heavy atom. The van der Waals surface area contributed by atoms with E-state index < -0.39 is 6.10 Å². The van der Waals surface area contributed by atoms with Gasteiger partial charge in [0.2, 0.25) is 11.9 Å². The summed E-state index contributed by atoms with van der Waals surface area (Å²) >= 11 is 0. The Bertz CT molecular complexity index is 510. The molecule has 0 spiro atoms. The number of methoxy groups -OCH3 is 1. The highest BCUT2D eigenvalue weighted by atomic mass is 16.6. The van der Waals surface area contributed by atoms with E-state index in [9.17, 15) is 4.79 Å². The Morgan fingerprint density at radius 2 is 2.24 bits per heavy atom. The second-order valence-electron chi connectivity index (χ2n) is 4.92. The fraction of sp³-hybridized carbons (Fsp3) is 0.667. The average Bonchev–Trinajstić information content (AvgIpc) is 2.46. The van der Waals surface area contributed by atoms with Crippen molar-refractivity contribution in [1.29, 1.82) is 0 Å². The second kappa shape index (κ2) is 6.64. The molecule has 1 aromatic rings. The number of nitrogen functional groups attached to an aromatic ring is 1. The molecule has 0 aliphatic carbocycles. The van der Waals surface area contributed by atoms with Gasteiger partial charge in [-0.1, -0.05) is 0 Å². The van der Waals surface area contributed by atoms with Crippen molar-refractivity contribution in [2.24, 2.45) is 0 Å². The number of nitrogens with zero attached hydrogens (tertiary/aromatic N) is 5. The summed E-state index contributed by atoms with van der Waals surface area (Å²) in [5.41, 5.74) is 5.69. The van der Waals surface area contributed by atoms with E-state index in [4.69, 9.17) is 15.2 Å². The van der Waals surface area contributed by atoms with Crippen molar-refractivity contribution in [3.63, 3.8) is 0 Å². The van der Waals surface area contributed by atoms with E-state index in [-0.39, 0.29) is 11.9 Å². The third-order valence-corrected chi connectivity index (χ3v) is 3.07. The Morgan fingerprint density at radius 3 is 2.90 bits per heavy atom. The molecule has 2 N–H and O–H groups in total. The Labute approximate surface area is 123 Å². The van der Waals surface area contributed by atoms with Gasteiger partial charge in [0.25, 0.3) is 0 Å². The molecular weight excluding hydrogens is 276 g/mol. The van der Waals surface area contributed by atoms with Gasteiger partial charge in [-0.25, -0.2) is 4.79 Å². The molecule has 0 amide bonds. The molecule has 1 atom stereocenters. The summed E-state index contributed by atoms with van der Waals surface area (Å²) in [4.78, 5) is 27.8. The number of ether oxygens (including phenoxy) is 2. The maximum absolute atomic E-state index is 11.5. The van der Waals surface area contributed by atoms with E-state index in [1.807, 2.05) is 19.0 Å². The quantitative estimate of drug-likeness (QED) is 0.692. The van der Waals surface area contributed by atoms with Gasteiger partial charge < -0.3 is 20.1 Å². The van der Waals surface area contributed by atoms with Gasteiger partial charge in [-0.05, 0) is 0 Å². The number of anilines is 2. The Hall–Kier alpha value is -2.00. The number of aromatic nitrogens is 3. The number of nitrogens with two attached hydrogens (primary N) is 1. The lowest BCUT2D eigenvalue weighted by molar-refractivity contribution is -0.160. The van der Waals surface area contributed by atoms with Crippen LogP contribution in [-0.4, -0.2) is 72.8 Å².